The molecule has 0 aliphatic rings. The number of unbranched alkanes of at least 4 members (excludes halogenated alkanes) is 12. The molecular weight excluding hydrogens is 574 g/mol. The third-order valence-electron chi connectivity index (χ3n) is 7.33. The zero-order valence-corrected chi connectivity index (χ0v) is 29.1. The number of esters is 1. The Bertz CT molecular complexity index is 928. The van der Waals surface area contributed by atoms with Gasteiger partial charge in [0.15, 0.2) is 0 Å². The molecule has 6 nitrogen and oxygen atoms in total. The lowest BCUT2D eigenvalue weighted by molar-refractivity contribution is -0.145. The second kappa shape index (κ2) is 34.7. The van der Waals surface area contributed by atoms with Crippen molar-refractivity contribution in [1.29, 1.82) is 0 Å². The minimum Gasteiger partial charge on any atom is -0.480 e. The number of amides is 1. The molecule has 0 spiro atoms. The molecule has 260 valence electrons. The molecular formula is C40H65NO5. The highest BCUT2D eigenvalue weighted by Crippen LogP contribution is 2.12. The zero-order valence-electron chi connectivity index (χ0n) is 29.1. The number of allylic oxidation sites excluding steroid dienone is 10. The lowest BCUT2D eigenvalue weighted by Gasteiger charge is -2.11. The van der Waals surface area contributed by atoms with Gasteiger partial charge in [0.2, 0.25) is 5.91 Å². The van der Waals surface area contributed by atoms with E-state index in [0.29, 0.717) is 19.3 Å². The number of hydrogen-bond acceptors (Lipinski definition) is 4. The fraction of sp³-hybridized carbons (Fsp3) is 0.625. The number of rotatable bonds is 31. The van der Waals surface area contributed by atoms with Crippen LogP contribution in [-0.4, -0.2) is 35.6 Å². The third kappa shape index (κ3) is 33.7. The Balaban J connectivity index is 4.08. The van der Waals surface area contributed by atoms with Gasteiger partial charge in [0.1, 0.15) is 12.6 Å². The quantitative estimate of drug-likeness (QED) is 0.0447. The first-order valence-corrected chi connectivity index (χ1v) is 18.1. The van der Waals surface area contributed by atoms with Crippen molar-refractivity contribution in [2.24, 2.45) is 0 Å². The van der Waals surface area contributed by atoms with Crippen LogP contribution in [0.4, 0.5) is 0 Å². The standard InChI is InChI=1S/C40H65NO5/c1-3-5-7-9-10-11-12-13-14-15-16-17-18-19-20-21-22-27-31-35-40(45)46-37(32-28-24-8-6-4-2)33-29-25-23-26-30-34-38(42)41-36-39(43)44/h6,8,10-11,13-14,16-17,28-29,32-33,37H,3-5,7,9,12,15,18-27,30-31,34-36H2,1-2H3,(H,41,42)(H,43,44)/b8-6-,11-10-,14-13-,17-16-,32-28-,33-29-. The molecule has 0 saturated heterocycles. The van der Waals surface area contributed by atoms with E-state index in [0.717, 1.165) is 70.6 Å². The Morgan fingerprint density at radius 2 is 1.09 bits per heavy atom. The van der Waals surface area contributed by atoms with E-state index in [4.69, 9.17) is 9.84 Å². The van der Waals surface area contributed by atoms with Crippen LogP contribution in [0.2, 0.25) is 0 Å². The van der Waals surface area contributed by atoms with Gasteiger partial charge in [-0.05, 0) is 89.2 Å². The molecule has 0 bridgehead atoms. The molecule has 0 radical (unpaired) electrons. The largest absolute Gasteiger partial charge is 0.480 e. The van der Waals surface area contributed by atoms with Gasteiger partial charge in [-0.2, -0.15) is 0 Å². The van der Waals surface area contributed by atoms with Crippen molar-refractivity contribution in [3.63, 3.8) is 0 Å². The van der Waals surface area contributed by atoms with Gasteiger partial charge in [0, 0.05) is 12.8 Å². The average Bonchev–Trinajstić information content (AvgIpc) is 3.04. The van der Waals surface area contributed by atoms with Crippen molar-refractivity contribution in [2.45, 2.75) is 155 Å². The van der Waals surface area contributed by atoms with Gasteiger partial charge in [-0.3, -0.25) is 14.4 Å². The van der Waals surface area contributed by atoms with E-state index in [1.807, 2.05) is 24.3 Å². The first-order chi connectivity index (χ1) is 22.5. The Kier molecular flexibility index (Phi) is 32.3. The van der Waals surface area contributed by atoms with E-state index < -0.39 is 5.97 Å². The summed E-state index contributed by atoms with van der Waals surface area (Å²) in [5.41, 5.74) is 0. The maximum absolute atomic E-state index is 12.5. The predicted octanol–water partition coefficient (Wildman–Crippen LogP) is 10.7. The van der Waals surface area contributed by atoms with Gasteiger partial charge in [-0.25, -0.2) is 0 Å². The molecule has 0 rings (SSSR count). The Labute approximate surface area is 281 Å². The molecule has 0 saturated carbocycles. The predicted molar refractivity (Wildman–Crippen MR) is 194 cm³/mol. The van der Waals surface area contributed by atoms with Crippen LogP contribution >= 0.6 is 0 Å². The van der Waals surface area contributed by atoms with Gasteiger partial charge in [0.05, 0.1) is 0 Å². The Morgan fingerprint density at radius 3 is 1.74 bits per heavy atom. The van der Waals surface area contributed by atoms with Gasteiger partial charge in [-0.15, -0.1) is 0 Å². The topological polar surface area (TPSA) is 92.7 Å². The van der Waals surface area contributed by atoms with Crippen LogP contribution in [0.5, 0.6) is 0 Å². The fourth-order valence-corrected chi connectivity index (χ4v) is 4.65. The number of carbonyl (C=O) groups is 3. The number of carbonyl (C=O) groups excluding carboxylic acids is 2. The number of nitrogens with one attached hydrogen (secondary N) is 1. The first kappa shape index (κ1) is 42.9. The van der Waals surface area contributed by atoms with Crippen molar-refractivity contribution in [2.75, 3.05) is 6.54 Å². The highest BCUT2D eigenvalue weighted by atomic mass is 16.5. The molecule has 0 fully saturated rings. The summed E-state index contributed by atoms with van der Waals surface area (Å²) >= 11 is 0. The molecule has 0 aromatic carbocycles. The highest BCUT2D eigenvalue weighted by molar-refractivity contribution is 5.80. The highest BCUT2D eigenvalue weighted by Gasteiger charge is 2.08. The monoisotopic (exact) mass is 639 g/mol. The van der Waals surface area contributed by atoms with Crippen molar-refractivity contribution in [3.8, 4) is 0 Å². The molecule has 0 aromatic rings. The van der Waals surface area contributed by atoms with Crippen LogP contribution in [-0.2, 0) is 19.1 Å². The third-order valence-corrected chi connectivity index (χ3v) is 7.33. The first-order valence-electron chi connectivity index (χ1n) is 18.1. The zero-order chi connectivity index (χ0) is 33.8. The van der Waals surface area contributed by atoms with Gasteiger partial charge < -0.3 is 15.2 Å². The fourth-order valence-electron chi connectivity index (χ4n) is 4.65. The molecule has 1 amide bonds. The minimum absolute atomic E-state index is 0.155. The van der Waals surface area contributed by atoms with Crippen molar-refractivity contribution < 1.29 is 24.2 Å². The minimum atomic E-state index is -1.04. The number of carboxylic acids is 1. The number of ether oxygens (including phenoxy) is 1. The number of aliphatic carboxylic acids is 1. The molecule has 0 aromatic heterocycles. The lowest BCUT2D eigenvalue weighted by Crippen LogP contribution is -2.28. The lowest BCUT2D eigenvalue weighted by atomic mass is 10.1. The molecule has 1 unspecified atom stereocenters. The Morgan fingerprint density at radius 1 is 0.587 bits per heavy atom. The molecule has 1 atom stereocenters. The van der Waals surface area contributed by atoms with Crippen LogP contribution in [0.3, 0.4) is 0 Å². The summed E-state index contributed by atoms with van der Waals surface area (Å²) in [5.74, 6) is -1.42. The number of hydrogen-bond donors (Lipinski definition) is 2. The van der Waals surface area contributed by atoms with Gasteiger partial charge in [-0.1, -0.05) is 120 Å². The van der Waals surface area contributed by atoms with Crippen LogP contribution in [0.25, 0.3) is 0 Å². The van der Waals surface area contributed by atoms with Gasteiger partial charge >= 0.3 is 11.9 Å². The van der Waals surface area contributed by atoms with Crippen LogP contribution in [0, 0.1) is 0 Å². The number of carboxylic acid groups (broad SMARTS) is 1. The second-order valence-electron chi connectivity index (χ2n) is 11.7. The molecule has 0 aliphatic carbocycles. The molecule has 2 N–H and O–H groups in total. The van der Waals surface area contributed by atoms with E-state index in [2.05, 4.69) is 67.8 Å². The van der Waals surface area contributed by atoms with Crippen LogP contribution < -0.4 is 5.32 Å². The summed E-state index contributed by atoms with van der Waals surface area (Å²) in [6.45, 7) is 4.01. The van der Waals surface area contributed by atoms with E-state index in [1.54, 1.807) is 0 Å². The molecule has 6 heteroatoms. The summed E-state index contributed by atoms with van der Waals surface area (Å²) in [6, 6.07) is 0. The smallest absolute Gasteiger partial charge is 0.322 e. The van der Waals surface area contributed by atoms with Gasteiger partial charge in [0.25, 0.3) is 0 Å². The van der Waals surface area contributed by atoms with Crippen molar-refractivity contribution in [3.05, 3.63) is 72.9 Å². The van der Waals surface area contributed by atoms with E-state index >= 15 is 0 Å². The summed E-state index contributed by atoms with van der Waals surface area (Å²) in [6.07, 6.45) is 46.4. The van der Waals surface area contributed by atoms with E-state index in [1.165, 1.54) is 44.9 Å². The molecule has 46 heavy (non-hydrogen) atoms. The van der Waals surface area contributed by atoms with E-state index in [-0.39, 0.29) is 24.5 Å². The van der Waals surface area contributed by atoms with Crippen LogP contribution in [0.15, 0.2) is 72.9 Å². The second-order valence-corrected chi connectivity index (χ2v) is 11.7. The maximum atomic E-state index is 12.5. The summed E-state index contributed by atoms with van der Waals surface area (Å²) in [5, 5.41) is 11.0. The summed E-state index contributed by atoms with van der Waals surface area (Å²) in [4.78, 5) is 34.6. The average molecular weight is 640 g/mol. The van der Waals surface area contributed by atoms with Crippen molar-refractivity contribution in [1.82, 2.24) is 5.32 Å². The van der Waals surface area contributed by atoms with Crippen molar-refractivity contribution >= 4 is 17.8 Å². The summed E-state index contributed by atoms with van der Waals surface area (Å²) in [7, 11) is 0. The normalized spacial score (nSPS) is 12.9. The molecule has 0 aliphatic heterocycles. The maximum Gasteiger partial charge on any atom is 0.322 e. The SMILES string of the molecule is CC/C=C\C/C=C\C(/C=C\CCCCCC(=O)NCC(=O)O)OC(=O)CCCCCCCC/C=C\C/C=C\C/C=C\CCCCC. The Hall–Kier alpha value is -3.15. The van der Waals surface area contributed by atoms with Crippen LogP contribution in [0.1, 0.15) is 149 Å². The summed E-state index contributed by atoms with van der Waals surface area (Å²) < 4.78 is 5.75. The van der Waals surface area contributed by atoms with E-state index in [9.17, 15) is 14.4 Å². The molecule has 0 heterocycles.